The molecule has 6 heteroatoms. The van der Waals surface area contributed by atoms with E-state index in [1.54, 1.807) is 35.9 Å². The van der Waals surface area contributed by atoms with Gasteiger partial charge in [0.1, 0.15) is 17.1 Å². The maximum Gasteiger partial charge on any atom is 0.268 e. The fraction of sp³-hybridized carbons (Fsp3) is 0.238. The molecule has 0 fully saturated rings. The molecule has 0 bridgehead atoms. The van der Waals surface area contributed by atoms with E-state index in [0.717, 1.165) is 11.1 Å². The van der Waals surface area contributed by atoms with Gasteiger partial charge in [-0.05, 0) is 55.7 Å². The van der Waals surface area contributed by atoms with Gasteiger partial charge in [0.15, 0.2) is 0 Å². The fourth-order valence-electron chi connectivity index (χ4n) is 3.81. The van der Waals surface area contributed by atoms with Gasteiger partial charge in [0.05, 0.1) is 12.6 Å². The van der Waals surface area contributed by atoms with Crippen molar-refractivity contribution in [2.75, 3.05) is 12.4 Å². The predicted octanol–water partition coefficient (Wildman–Crippen LogP) is 3.39. The highest BCUT2D eigenvalue weighted by Crippen LogP contribution is 2.36. The first kappa shape index (κ1) is 17.1. The van der Waals surface area contributed by atoms with Gasteiger partial charge >= 0.3 is 0 Å². The summed E-state index contributed by atoms with van der Waals surface area (Å²) in [7, 11) is 1.57. The molecular weight excluding hydrogens is 344 g/mol. The zero-order valence-corrected chi connectivity index (χ0v) is 15.4. The number of nitrogens with one attached hydrogen (secondary N) is 1. The van der Waals surface area contributed by atoms with Crippen molar-refractivity contribution < 1.29 is 14.6 Å². The molecule has 0 saturated carbocycles. The van der Waals surface area contributed by atoms with E-state index in [4.69, 9.17) is 4.74 Å². The summed E-state index contributed by atoms with van der Waals surface area (Å²) in [5, 5.41) is 14.0. The summed E-state index contributed by atoms with van der Waals surface area (Å²) in [5.74, 6) is -0.222. The third-order valence-electron chi connectivity index (χ3n) is 5.15. The number of benzene rings is 2. The number of pyridine rings is 1. The Morgan fingerprint density at radius 2 is 2.07 bits per heavy atom. The summed E-state index contributed by atoms with van der Waals surface area (Å²) in [6.45, 7) is 3.77. The Kier molecular flexibility index (Phi) is 3.91. The molecule has 2 heterocycles. The number of carbonyl (C=O) groups is 1. The normalized spacial score (nSPS) is 15.1. The van der Waals surface area contributed by atoms with Crippen molar-refractivity contribution in [2.24, 2.45) is 0 Å². The van der Waals surface area contributed by atoms with Crippen LogP contribution in [0, 0.1) is 6.92 Å². The van der Waals surface area contributed by atoms with Gasteiger partial charge < -0.3 is 19.7 Å². The lowest BCUT2D eigenvalue weighted by atomic mass is 10.1. The van der Waals surface area contributed by atoms with Crippen molar-refractivity contribution >= 4 is 22.5 Å². The number of anilines is 1. The van der Waals surface area contributed by atoms with Crippen LogP contribution in [0.3, 0.4) is 0 Å². The molecule has 1 atom stereocenters. The van der Waals surface area contributed by atoms with Gasteiger partial charge in [-0.25, -0.2) is 0 Å². The molecule has 0 unspecified atom stereocenters. The highest BCUT2D eigenvalue weighted by molar-refractivity contribution is 6.09. The number of nitrogens with zero attached hydrogens (tertiary/aromatic N) is 1. The highest BCUT2D eigenvalue weighted by Gasteiger charge is 2.29. The highest BCUT2D eigenvalue weighted by atomic mass is 16.5. The average molecular weight is 364 g/mol. The first-order valence-corrected chi connectivity index (χ1v) is 8.77. The van der Waals surface area contributed by atoms with Crippen molar-refractivity contribution in [2.45, 2.75) is 26.3 Å². The first-order chi connectivity index (χ1) is 12.9. The van der Waals surface area contributed by atoms with Crippen molar-refractivity contribution in [3.63, 3.8) is 0 Å². The molecule has 0 spiro atoms. The molecule has 138 valence electrons. The van der Waals surface area contributed by atoms with Crippen LogP contribution in [0.25, 0.3) is 10.9 Å². The van der Waals surface area contributed by atoms with E-state index < -0.39 is 11.5 Å². The van der Waals surface area contributed by atoms with Gasteiger partial charge in [-0.15, -0.1) is 0 Å². The first-order valence-electron chi connectivity index (χ1n) is 8.77. The minimum Gasteiger partial charge on any atom is -0.506 e. The molecule has 27 heavy (non-hydrogen) atoms. The van der Waals surface area contributed by atoms with Crippen molar-refractivity contribution in [3.05, 3.63) is 63.4 Å². The lowest BCUT2D eigenvalue weighted by molar-refractivity contribution is 0.102. The van der Waals surface area contributed by atoms with Crippen LogP contribution in [-0.4, -0.2) is 22.7 Å². The zero-order valence-electron chi connectivity index (χ0n) is 15.4. The standard InChI is InChI=1S/C21H20N2O4/c1-11-9-14(27-3)7-8-16(11)22-20(25)17-19(24)15-6-4-5-13-10-12(2)23(18(13)15)21(17)26/h4-9,12,24H,10H2,1-3H3,(H,22,25)/t12-/m1/s1. The molecule has 2 N–H and O–H groups in total. The van der Waals surface area contributed by atoms with Crippen LogP contribution in [0.15, 0.2) is 41.2 Å². The number of hydrogen-bond acceptors (Lipinski definition) is 4. The van der Waals surface area contributed by atoms with E-state index in [2.05, 4.69) is 5.32 Å². The molecule has 0 aliphatic carbocycles. The monoisotopic (exact) mass is 364 g/mol. The topological polar surface area (TPSA) is 80.6 Å². The lowest BCUT2D eigenvalue weighted by Crippen LogP contribution is -2.30. The largest absolute Gasteiger partial charge is 0.506 e. The third-order valence-corrected chi connectivity index (χ3v) is 5.15. The number of rotatable bonds is 3. The minimum absolute atomic E-state index is 0.0627. The maximum atomic E-state index is 13.0. The number of hydrogen-bond donors (Lipinski definition) is 2. The summed E-state index contributed by atoms with van der Waals surface area (Å²) in [6.07, 6.45) is 0.703. The minimum atomic E-state index is -0.624. The van der Waals surface area contributed by atoms with E-state index >= 15 is 0 Å². The Labute approximate surface area is 156 Å². The number of aryl methyl sites for hydroxylation is 1. The second-order valence-electron chi connectivity index (χ2n) is 6.90. The summed E-state index contributed by atoms with van der Waals surface area (Å²) in [5.41, 5.74) is 2.37. The molecule has 1 aromatic heterocycles. The second-order valence-corrected chi connectivity index (χ2v) is 6.90. The van der Waals surface area contributed by atoms with Crippen LogP contribution in [0.2, 0.25) is 0 Å². The summed E-state index contributed by atoms with van der Waals surface area (Å²) >= 11 is 0. The van der Waals surface area contributed by atoms with Crippen molar-refractivity contribution in [3.8, 4) is 11.5 Å². The third kappa shape index (κ3) is 2.56. The molecule has 4 rings (SSSR count). The molecule has 6 nitrogen and oxygen atoms in total. The van der Waals surface area contributed by atoms with E-state index in [1.165, 1.54) is 0 Å². The summed E-state index contributed by atoms with van der Waals surface area (Å²) in [6, 6.07) is 10.7. The number of aromatic hydroxyl groups is 1. The SMILES string of the molecule is COc1ccc(NC(=O)c2c(O)c3cccc4c3n(c2=O)[C@H](C)C4)c(C)c1. The van der Waals surface area contributed by atoms with Gasteiger partial charge in [0.25, 0.3) is 11.5 Å². The quantitative estimate of drug-likeness (QED) is 0.746. The van der Waals surface area contributed by atoms with Crippen molar-refractivity contribution in [1.82, 2.24) is 4.57 Å². The van der Waals surface area contributed by atoms with Gasteiger partial charge in [-0.1, -0.05) is 12.1 Å². The molecule has 1 amide bonds. The average Bonchev–Trinajstić information content (AvgIpc) is 2.98. The second kappa shape index (κ2) is 6.16. The van der Waals surface area contributed by atoms with Crippen LogP contribution >= 0.6 is 0 Å². The molecule has 2 aromatic carbocycles. The van der Waals surface area contributed by atoms with E-state index in [0.29, 0.717) is 28.8 Å². The van der Waals surface area contributed by atoms with E-state index in [9.17, 15) is 14.7 Å². The van der Waals surface area contributed by atoms with Gasteiger partial charge in [0.2, 0.25) is 0 Å². The van der Waals surface area contributed by atoms with Crippen LogP contribution in [0.4, 0.5) is 5.69 Å². The molecule has 0 saturated heterocycles. The summed E-state index contributed by atoms with van der Waals surface area (Å²) < 4.78 is 6.78. The molecule has 1 aliphatic rings. The molecule has 1 aliphatic heterocycles. The van der Waals surface area contributed by atoms with Crippen LogP contribution in [-0.2, 0) is 6.42 Å². The van der Waals surface area contributed by atoms with Crippen molar-refractivity contribution in [1.29, 1.82) is 0 Å². The number of methoxy groups -OCH3 is 1. The Hall–Kier alpha value is -3.28. The Morgan fingerprint density at radius 3 is 2.78 bits per heavy atom. The zero-order chi connectivity index (χ0) is 19.3. The molecular formula is C21H20N2O4. The van der Waals surface area contributed by atoms with Gasteiger partial charge in [0, 0.05) is 17.1 Å². The number of para-hydroxylation sites is 1. The predicted molar refractivity (Wildman–Crippen MR) is 104 cm³/mol. The van der Waals surface area contributed by atoms with Gasteiger partial charge in [-0.3, -0.25) is 9.59 Å². The number of ether oxygens (including phenoxy) is 1. The van der Waals surface area contributed by atoms with Crippen LogP contribution < -0.4 is 15.6 Å². The number of amides is 1. The molecule has 3 aromatic rings. The smallest absolute Gasteiger partial charge is 0.268 e. The number of carbonyl (C=O) groups excluding carboxylic acids is 1. The Morgan fingerprint density at radius 1 is 1.30 bits per heavy atom. The van der Waals surface area contributed by atoms with E-state index in [-0.39, 0.29) is 17.4 Å². The Balaban J connectivity index is 1.83. The molecule has 0 radical (unpaired) electrons. The Bertz CT molecular complexity index is 1150. The number of aromatic nitrogens is 1. The summed E-state index contributed by atoms with van der Waals surface area (Å²) in [4.78, 5) is 25.9. The van der Waals surface area contributed by atoms with Crippen LogP contribution in [0.1, 0.15) is 34.5 Å². The fourth-order valence-corrected chi connectivity index (χ4v) is 3.81. The lowest BCUT2D eigenvalue weighted by Gasteiger charge is -2.15. The van der Waals surface area contributed by atoms with Crippen LogP contribution in [0.5, 0.6) is 11.5 Å². The van der Waals surface area contributed by atoms with Gasteiger partial charge in [-0.2, -0.15) is 0 Å². The van der Waals surface area contributed by atoms with E-state index in [1.807, 2.05) is 26.0 Å². The maximum absolute atomic E-state index is 13.0.